The Hall–Kier alpha value is -3.27. The Labute approximate surface area is 171 Å². The highest BCUT2D eigenvalue weighted by atomic mass is 16.5. The number of aromatic nitrogens is 2. The van der Waals surface area contributed by atoms with E-state index in [9.17, 15) is 0 Å². The zero-order chi connectivity index (χ0) is 20.1. The van der Waals surface area contributed by atoms with Gasteiger partial charge < -0.3 is 14.0 Å². The number of aryl methyl sites for hydroxylation is 2. The van der Waals surface area contributed by atoms with Gasteiger partial charge in [-0.25, -0.2) is 4.98 Å². The molecule has 0 aliphatic heterocycles. The maximum absolute atomic E-state index is 5.94. The van der Waals surface area contributed by atoms with E-state index in [1.54, 1.807) is 7.11 Å². The minimum absolute atomic E-state index is 0.662. The molecule has 0 fully saturated rings. The van der Waals surface area contributed by atoms with E-state index in [-0.39, 0.29) is 0 Å². The molecule has 4 aromatic rings. The molecule has 4 heteroatoms. The first kappa shape index (κ1) is 19.1. The van der Waals surface area contributed by atoms with E-state index in [2.05, 4.69) is 47.9 Å². The summed E-state index contributed by atoms with van der Waals surface area (Å²) in [5.74, 6) is 2.71. The fourth-order valence-corrected chi connectivity index (χ4v) is 3.52. The molecule has 148 valence electrons. The average molecular weight is 386 g/mol. The maximum atomic E-state index is 5.94. The molecular weight excluding hydrogens is 360 g/mol. The normalized spacial score (nSPS) is 11.0. The number of para-hydroxylation sites is 2. The molecule has 0 amide bonds. The van der Waals surface area contributed by atoms with Gasteiger partial charge in [-0.2, -0.15) is 0 Å². The summed E-state index contributed by atoms with van der Waals surface area (Å²) < 4.78 is 13.6. The van der Waals surface area contributed by atoms with Crippen molar-refractivity contribution >= 4 is 11.0 Å². The number of ether oxygens (including phenoxy) is 2. The third kappa shape index (κ3) is 4.27. The van der Waals surface area contributed by atoms with Crippen LogP contribution in [0.2, 0.25) is 0 Å². The highest BCUT2D eigenvalue weighted by Crippen LogP contribution is 2.27. The van der Waals surface area contributed by atoms with Gasteiger partial charge in [0.05, 0.1) is 24.8 Å². The first-order chi connectivity index (χ1) is 14.3. The minimum Gasteiger partial charge on any atom is -0.497 e. The van der Waals surface area contributed by atoms with Crippen molar-refractivity contribution in [2.75, 3.05) is 13.7 Å². The van der Waals surface area contributed by atoms with Gasteiger partial charge in [0.25, 0.3) is 0 Å². The Bertz CT molecular complexity index is 1080. The summed E-state index contributed by atoms with van der Waals surface area (Å²) in [5, 5.41) is 0. The predicted molar refractivity (Wildman–Crippen MR) is 118 cm³/mol. The zero-order valence-electron chi connectivity index (χ0n) is 17.0. The van der Waals surface area contributed by atoms with E-state index in [4.69, 9.17) is 14.5 Å². The molecule has 29 heavy (non-hydrogen) atoms. The molecule has 0 unspecified atom stereocenters. The number of hydrogen-bond acceptors (Lipinski definition) is 3. The van der Waals surface area contributed by atoms with Crippen LogP contribution in [0, 0.1) is 0 Å². The van der Waals surface area contributed by atoms with E-state index in [0.29, 0.717) is 6.61 Å². The summed E-state index contributed by atoms with van der Waals surface area (Å²) in [7, 11) is 1.69. The molecule has 0 aliphatic carbocycles. The van der Waals surface area contributed by atoms with Crippen LogP contribution in [-0.4, -0.2) is 23.3 Å². The van der Waals surface area contributed by atoms with Crippen molar-refractivity contribution in [3.05, 3.63) is 78.4 Å². The molecule has 0 atom stereocenters. The lowest BCUT2D eigenvalue weighted by Gasteiger charge is -2.11. The van der Waals surface area contributed by atoms with Crippen molar-refractivity contribution in [1.82, 2.24) is 9.55 Å². The molecule has 0 spiro atoms. The zero-order valence-corrected chi connectivity index (χ0v) is 17.0. The Morgan fingerprint density at radius 3 is 2.52 bits per heavy atom. The van der Waals surface area contributed by atoms with Crippen molar-refractivity contribution in [2.24, 2.45) is 0 Å². The summed E-state index contributed by atoms with van der Waals surface area (Å²) in [6.45, 7) is 3.65. The second-order valence-electron chi connectivity index (χ2n) is 7.01. The van der Waals surface area contributed by atoms with Crippen molar-refractivity contribution < 1.29 is 9.47 Å². The maximum Gasteiger partial charge on any atom is 0.141 e. The Morgan fingerprint density at radius 1 is 0.897 bits per heavy atom. The third-order valence-electron chi connectivity index (χ3n) is 5.11. The summed E-state index contributed by atoms with van der Waals surface area (Å²) in [6, 6.07) is 24.7. The highest BCUT2D eigenvalue weighted by molar-refractivity contribution is 5.80. The van der Waals surface area contributed by atoms with Crippen molar-refractivity contribution in [2.45, 2.75) is 26.3 Å². The fraction of sp³-hybridized carbons (Fsp3) is 0.240. The lowest BCUT2D eigenvalue weighted by molar-refractivity contribution is 0.303. The molecule has 4 nitrogen and oxygen atoms in total. The van der Waals surface area contributed by atoms with Crippen LogP contribution in [0.3, 0.4) is 0 Å². The quantitative estimate of drug-likeness (QED) is 0.362. The van der Waals surface area contributed by atoms with E-state index in [1.165, 1.54) is 5.56 Å². The Morgan fingerprint density at radius 2 is 1.72 bits per heavy atom. The summed E-state index contributed by atoms with van der Waals surface area (Å²) in [5.41, 5.74) is 4.51. The van der Waals surface area contributed by atoms with E-state index in [0.717, 1.165) is 53.3 Å². The van der Waals surface area contributed by atoms with Gasteiger partial charge in [-0.1, -0.05) is 43.3 Å². The molecule has 4 rings (SSSR count). The molecule has 0 bridgehead atoms. The number of benzene rings is 3. The molecule has 0 N–H and O–H groups in total. The van der Waals surface area contributed by atoms with Gasteiger partial charge in [-0.05, 0) is 54.8 Å². The Kier molecular flexibility index (Phi) is 5.80. The van der Waals surface area contributed by atoms with E-state index >= 15 is 0 Å². The second-order valence-corrected chi connectivity index (χ2v) is 7.01. The van der Waals surface area contributed by atoms with Crippen LogP contribution in [0.5, 0.6) is 11.5 Å². The van der Waals surface area contributed by atoms with Crippen LogP contribution in [0.25, 0.3) is 22.4 Å². The summed E-state index contributed by atoms with van der Waals surface area (Å²) in [4.78, 5) is 4.88. The predicted octanol–water partition coefficient (Wildman–Crippen LogP) is 5.74. The first-order valence-corrected chi connectivity index (χ1v) is 10.1. The first-order valence-electron chi connectivity index (χ1n) is 10.1. The molecule has 0 radical (unpaired) electrons. The van der Waals surface area contributed by atoms with Crippen LogP contribution in [-0.2, 0) is 13.0 Å². The number of hydrogen-bond donors (Lipinski definition) is 0. The molecule has 0 aliphatic rings. The summed E-state index contributed by atoms with van der Waals surface area (Å²) >= 11 is 0. The minimum atomic E-state index is 0.662. The van der Waals surface area contributed by atoms with Crippen LogP contribution in [0.15, 0.2) is 72.8 Å². The molecule has 0 saturated carbocycles. The van der Waals surface area contributed by atoms with Crippen LogP contribution in [0.1, 0.15) is 18.9 Å². The van der Waals surface area contributed by atoms with Gasteiger partial charge in [-0.3, -0.25) is 0 Å². The SMILES string of the molecule is CCc1ccc(OCCCn2c(-c3cccc(OC)c3)nc3ccccc32)cc1. The molecule has 1 aromatic heterocycles. The van der Waals surface area contributed by atoms with Gasteiger partial charge >= 0.3 is 0 Å². The van der Waals surface area contributed by atoms with Crippen molar-refractivity contribution in [3.8, 4) is 22.9 Å². The van der Waals surface area contributed by atoms with Gasteiger partial charge in [0.2, 0.25) is 0 Å². The van der Waals surface area contributed by atoms with Gasteiger partial charge in [0, 0.05) is 12.1 Å². The highest BCUT2D eigenvalue weighted by Gasteiger charge is 2.13. The molecule has 1 heterocycles. The smallest absolute Gasteiger partial charge is 0.141 e. The molecule has 3 aromatic carbocycles. The number of imidazole rings is 1. The number of rotatable bonds is 8. The van der Waals surface area contributed by atoms with Gasteiger partial charge in [0.15, 0.2) is 0 Å². The van der Waals surface area contributed by atoms with Crippen molar-refractivity contribution in [3.63, 3.8) is 0 Å². The largest absolute Gasteiger partial charge is 0.497 e. The topological polar surface area (TPSA) is 36.3 Å². The summed E-state index contributed by atoms with van der Waals surface area (Å²) in [6.07, 6.45) is 1.94. The number of methoxy groups -OCH3 is 1. The monoisotopic (exact) mass is 386 g/mol. The number of nitrogens with zero attached hydrogens (tertiary/aromatic N) is 2. The van der Waals surface area contributed by atoms with Crippen molar-refractivity contribution in [1.29, 1.82) is 0 Å². The average Bonchev–Trinajstić information content (AvgIpc) is 3.16. The van der Waals surface area contributed by atoms with Gasteiger partial charge in [-0.15, -0.1) is 0 Å². The molecular formula is C25H26N2O2. The van der Waals surface area contributed by atoms with Crippen LogP contribution < -0.4 is 9.47 Å². The van der Waals surface area contributed by atoms with E-state index in [1.807, 2.05) is 36.4 Å². The fourth-order valence-electron chi connectivity index (χ4n) is 3.52. The second kappa shape index (κ2) is 8.82. The lowest BCUT2D eigenvalue weighted by Crippen LogP contribution is -2.06. The van der Waals surface area contributed by atoms with Crippen LogP contribution >= 0.6 is 0 Å². The van der Waals surface area contributed by atoms with Crippen LogP contribution in [0.4, 0.5) is 0 Å². The van der Waals surface area contributed by atoms with E-state index < -0.39 is 0 Å². The Balaban J connectivity index is 1.52. The number of fused-ring (bicyclic) bond motifs is 1. The van der Waals surface area contributed by atoms with Gasteiger partial charge in [0.1, 0.15) is 17.3 Å². The third-order valence-corrected chi connectivity index (χ3v) is 5.11. The standard InChI is InChI=1S/C25H26N2O2/c1-3-19-12-14-21(15-13-19)29-17-7-16-27-24-11-5-4-10-23(24)26-25(27)20-8-6-9-22(18-20)28-2/h4-6,8-15,18H,3,7,16-17H2,1-2H3. The lowest BCUT2D eigenvalue weighted by atomic mass is 10.2. The molecule has 0 saturated heterocycles.